The Bertz CT molecular complexity index is 648. The molecule has 0 saturated heterocycles. The van der Waals surface area contributed by atoms with Gasteiger partial charge in [-0.15, -0.1) is 9.24 Å². The first-order valence-electron chi connectivity index (χ1n) is 10.4. The van der Waals surface area contributed by atoms with Gasteiger partial charge in [0.1, 0.15) is 5.75 Å². The van der Waals surface area contributed by atoms with Crippen LogP contribution in [-0.2, 0) is 11.2 Å². The Morgan fingerprint density at radius 3 is 2.67 bits per heavy atom. The average Bonchev–Trinajstić information content (AvgIpc) is 3.05. The summed E-state index contributed by atoms with van der Waals surface area (Å²) in [5.41, 5.74) is 2.69. The van der Waals surface area contributed by atoms with Gasteiger partial charge >= 0.3 is 0 Å². The molecule has 1 saturated carbocycles. The maximum Gasteiger partial charge on any atom is 0.240 e. The molecule has 1 atom stereocenters. The number of hydrogen-bond acceptors (Lipinski definition) is 3. The summed E-state index contributed by atoms with van der Waals surface area (Å²) in [6.45, 7) is 9.08. The van der Waals surface area contributed by atoms with E-state index in [1.807, 2.05) is 11.0 Å². The topological polar surface area (TPSA) is 41.6 Å². The summed E-state index contributed by atoms with van der Waals surface area (Å²) in [6, 6.07) is 6.25. The van der Waals surface area contributed by atoms with Gasteiger partial charge in [-0.05, 0) is 79.9 Å². The number of rotatable bonds is 6. The van der Waals surface area contributed by atoms with Crippen molar-refractivity contribution in [3.63, 3.8) is 0 Å². The Hall–Kier alpha value is -1.12. The van der Waals surface area contributed by atoms with Gasteiger partial charge in [0.05, 0.1) is 12.6 Å². The van der Waals surface area contributed by atoms with Crippen LogP contribution in [0.15, 0.2) is 18.2 Å². The van der Waals surface area contributed by atoms with Crippen molar-refractivity contribution in [1.29, 1.82) is 0 Å². The zero-order chi connectivity index (χ0) is 19.4. The molecule has 0 aromatic heterocycles. The second-order valence-corrected chi connectivity index (χ2v) is 9.59. The normalized spacial score (nSPS) is 22.6. The number of hydrogen-bond donors (Lipinski definition) is 1. The van der Waals surface area contributed by atoms with Gasteiger partial charge in [-0.3, -0.25) is 4.79 Å². The third-order valence-electron chi connectivity index (χ3n) is 6.05. The summed E-state index contributed by atoms with van der Waals surface area (Å²) in [6.07, 6.45) is 7.00. The van der Waals surface area contributed by atoms with Crippen molar-refractivity contribution >= 4 is 20.8 Å². The van der Waals surface area contributed by atoms with E-state index in [1.54, 1.807) is 0 Å². The lowest BCUT2D eigenvalue weighted by Gasteiger charge is -2.37. The Labute approximate surface area is 166 Å². The van der Waals surface area contributed by atoms with Crippen LogP contribution in [0.3, 0.4) is 0 Å². The molecule has 27 heavy (non-hydrogen) atoms. The summed E-state index contributed by atoms with van der Waals surface area (Å²) >= 11 is 0. The predicted molar refractivity (Wildman–Crippen MR) is 116 cm³/mol. The number of carbonyl (C=O) groups is 1. The highest BCUT2D eigenvalue weighted by Gasteiger charge is 2.31. The molecule has 4 nitrogen and oxygen atoms in total. The maximum atomic E-state index is 12.4. The van der Waals surface area contributed by atoms with Crippen LogP contribution in [0.4, 0.5) is 5.69 Å². The molecule has 150 valence electrons. The molecule has 1 aromatic rings. The molecule has 0 bridgehead atoms. The molecule has 1 fully saturated rings. The van der Waals surface area contributed by atoms with Crippen molar-refractivity contribution in [2.24, 2.45) is 11.3 Å². The van der Waals surface area contributed by atoms with Crippen molar-refractivity contribution in [1.82, 2.24) is 5.32 Å². The first-order valence-corrected chi connectivity index (χ1v) is 11.2. The fraction of sp³-hybridized carbons (Fsp3) is 0.682. The monoisotopic (exact) mass is 390 g/mol. The quantitative estimate of drug-likeness (QED) is 0.589. The van der Waals surface area contributed by atoms with E-state index in [1.165, 1.54) is 18.4 Å². The van der Waals surface area contributed by atoms with Gasteiger partial charge in [-0.25, -0.2) is 0 Å². The molecule has 1 aromatic carbocycles. The van der Waals surface area contributed by atoms with Crippen molar-refractivity contribution in [3.8, 4) is 5.75 Å². The summed E-state index contributed by atoms with van der Waals surface area (Å²) in [5.74, 6) is 1.92. The van der Waals surface area contributed by atoms with Gasteiger partial charge in [0.2, 0.25) is 5.91 Å². The van der Waals surface area contributed by atoms with Crippen LogP contribution >= 0.6 is 9.24 Å². The van der Waals surface area contributed by atoms with E-state index in [-0.39, 0.29) is 5.91 Å². The van der Waals surface area contributed by atoms with Crippen LogP contribution in [0.2, 0.25) is 0 Å². The number of carbonyl (C=O) groups excluding carboxylic acids is 1. The van der Waals surface area contributed by atoms with Gasteiger partial charge in [-0.1, -0.05) is 20.8 Å². The molecule has 1 N–H and O–H groups in total. The van der Waals surface area contributed by atoms with Crippen LogP contribution < -0.4 is 15.0 Å². The number of anilines is 1. The summed E-state index contributed by atoms with van der Waals surface area (Å²) in [7, 11) is 2.67. The number of nitrogens with zero attached hydrogens (tertiary/aromatic N) is 1. The minimum atomic E-state index is 0.154. The van der Waals surface area contributed by atoms with Crippen LogP contribution in [-0.4, -0.2) is 37.8 Å². The number of benzene rings is 1. The van der Waals surface area contributed by atoms with E-state index in [2.05, 4.69) is 47.5 Å². The smallest absolute Gasteiger partial charge is 0.240 e. The lowest BCUT2D eigenvalue weighted by Crippen LogP contribution is -2.37. The van der Waals surface area contributed by atoms with Crippen LogP contribution in [0.1, 0.15) is 52.0 Å². The second-order valence-electron chi connectivity index (χ2n) is 9.01. The number of fused-ring (bicyclic) bond motifs is 1. The van der Waals surface area contributed by atoms with E-state index in [0.717, 1.165) is 55.9 Å². The zero-order valence-electron chi connectivity index (χ0n) is 17.1. The zero-order valence-corrected chi connectivity index (χ0v) is 18.2. The van der Waals surface area contributed by atoms with Gasteiger partial charge in [-0.2, -0.15) is 0 Å². The van der Waals surface area contributed by atoms with E-state index >= 15 is 0 Å². The summed E-state index contributed by atoms with van der Waals surface area (Å²) in [4.78, 5) is 14.3. The van der Waals surface area contributed by atoms with E-state index in [0.29, 0.717) is 18.1 Å². The molecule has 1 unspecified atom stereocenters. The second kappa shape index (κ2) is 8.92. The number of amides is 1. The Kier molecular flexibility index (Phi) is 6.81. The largest absolute Gasteiger partial charge is 0.490 e. The summed E-state index contributed by atoms with van der Waals surface area (Å²) in [5, 5.41) is 3.19. The summed E-state index contributed by atoms with van der Waals surface area (Å²) < 4.78 is 6.30. The first-order chi connectivity index (χ1) is 12.9. The minimum absolute atomic E-state index is 0.154. The Morgan fingerprint density at radius 1 is 1.26 bits per heavy atom. The van der Waals surface area contributed by atoms with Crippen molar-refractivity contribution in [2.45, 2.75) is 59.0 Å². The molecule has 2 aliphatic rings. The third kappa shape index (κ3) is 5.23. The van der Waals surface area contributed by atoms with Gasteiger partial charge in [0.25, 0.3) is 0 Å². The minimum Gasteiger partial charge on any atom is -0.490 e. The van der Waals surface area contributed by atoms with Gasteiger partial charge in [0.15, 0.2) is 0 Å². The molecule has 1 heterocycles. The van der Waals surface area contributed by atoms with Crippen molar-refractivity contribution < 1.29 is 9.53 Å². The number of ether oxygens (including phenoxy) is 1. The van der Waals surface area contributed by atoms with Crippen LogP contribution in [0, 0.1) is 11.3 Å². The molecule has 5 heteroatoms. The fourth-order valence-electron chi connectivity index (χ4n) is 4.34. The number of nitrogens with one attached hydrogen (secondary N) is 1. The fourth-order valence-corrected chi connectivity index (χ4v) is 4.55. The lowest BCUT2D eigenvalue weighted by atomic mass is 9.72. The molecule has 0 radical (unpaired) electrons. The highest BCUT2D eigenvalue weighted by atomic mass is 31.0. The lowest BCUT2D eigenvalue weighted by molar-refractivity contribution is -0.117. The van der Waals surface area contributed by atoms with Crippen LogP contribution in [0.25, 0.3) is 0 Å². The molecule has 3 rings (SSSR count). The Balaban J connectivity index is 1.56. The van der Waals surface area contributed by atoms with Crippen molar-refractivity contribution in [3.05, 3.63) is 23.8 Å². The van der Waals surface area contributed by atoms with Gasteiger partial charge < -0.3 is 15.0 Å². The Morgan fingerprint density at radius 2 is 2.00 bits per heavy atom. The molecule has 0 spiro atoms. The van der Waals surface area contributed by atoms with E-state index in [4.69, 9.17) is 4.74 Å². The van der Waals surface area contributed by atoms with Crippen LogP contribution in [0.5, 0.6) is 5.75 Å². The maximum absolute atomic E-state index is 12.4. The van der Waals surface area contributed by atoms with Crippen molar-refractivity contribution in [2.75, 3.05) is 30.7 Å². The average molecular weight is 391 g/mol. The molecular formula is C22H35N2O2P. The first kappa shape index (κ1) is 20.6. The highest BCUT2D eigenvalue weighted by molar-refractivity contribution is 7.16. The SMILES string of the molecule is CC(C)(C)C1CCC(Oc2ccc3c(c2)CCN3C(=O)CNCCP)CC1. The predicted octanol–water partition coefficient (Wildman–Crippen LogP) is 4.02. The molecule has 1 aliphatic heterocycles. The van der Waals surface area contributed by atoms with E-state index < -0.39 is 0 Å². The third-order valence-corrected chi connectivity index (χ3v) is 6.34. The van der Waals surface area contributed by atoms with Gasteiger partial charge in [0, 0.05) is 12.2 Å². The molecule has 1 amide bonds. The highest BCUT2D eigenvalue weighted by Crippen LogP contribution is 2.39. The molecule has 1 aliphatic carbocycles. The standard InChI is InChI=1S/C22H35N2O2P/c1-22(2,3)17-4-6-18(7-5-17)26-19-8-9-20-16(14-19)10-12-24(20)21(25)15-23-11-13-27/h8-9,14,17-18,23H,4-7,10-13,15,27H2,1-3H3. The molecular weight excluding hydrogens is 355 g/mol. The van der Waals surface area contributed by atoms with E-state index in [9.17, 15) is 4.79 Å².